The van der Waals surface area contributed by atoms with E-state index in [0.29, 0.717) is 24.1 Å². The number of urea groups is 1. The Morgan fingerprint density at radius 1 is 1.33 bits per heavy atom. The molecule has 5 rings (SSSR count). The zero-order valence-electron chi connectivity index (χ0n) is 18.9. The Morgan fingerprint density at radius 2 is 2.18 bits per heavy atom. The van der Waals surface area contributed by atoms with Gasteiger partial charge in [0.15, 0.2) is 0 Å². The number of carbonyl (C=O) groups excluding carboxylic acids is 1. The van der Waals surface area contributed by atoms with Gasteiger partial charge in [0.25, 0.3) is 0 Å². The lowest BCUT2D eigenvalue weighted by molar-refractivity contribution is 0.158. The second kappa shape index (κ2) is 9.06. The highest BCUT2D eigenvalue weighted by atomic mass is 79.9. The molecule has 0 saturated carbocycles. The predicted octanol–water partition coefficient (Wildman–Crippen LogP) is 4.28. The van der Waals surface area contributed by atoms with E-state index in [0.717, 1.165) is 54.6 Å². The number of pyridine rings is 1. The van der Waals surface area contributed by atoms with Crippen LogP contribution in [-0.4, -0.2) is 73.4 Å². The highest BCUT2D eigenvalue weighted by molar-refractivity contribution is 9.10. The SMILES string of the molecule is COCCN1CC2(CCN([C@@H]3CCc4cc(-c5cccc(Br)c5Cl)nc(OC)c43)C2)NC1=O. The van der Waals surface area contributed by atoms with Gasteiger partial charge in [-0.1, -0.05) is 23.7 Å². The first-order valence-electron chi connectivity index (χ1n) is 11.3. The summed E-state index contributed by atoms with van der Waals surface area (Å²) in [4.78, 5) is 21.7. The molecule has 1 aliphatic carbocycles. The number of halogens is 2. The van der Waals surface area contributed by atoms with Crippen molar-refractivity contribution in [2.75, 3.05) is 47.0 Å². The van der Waals surface area contributed by atoms with Gasteiger partial charge in [-0.2, -0.15) is 0 Å². The van der Waals surface area contributed by atoms with Crippen LogP contribution in [0.5, 0.6) is 5.88 Å². The van der Waals surface area contributed by atoms with E-state index in [2.05, 4.69) is 32.2 Å². The minimum Gasteiger partial charge on any atom is -0.481 e. The minimum absolute atomic E-state index is 0.00973. The summed E-state index contributed by atoms with van der Waals surface area (Å²) in [7, 11) is 3.34. The summed E-state index contributed by atoms with van der Waals surface area (Å²) in [5.74, 6) is 0.666. The Labute approximate surface area is 207 Å². The average Bonchev–Trinajstić information content (AvgIpc) is 3.50. The van der Waals surface area contributed by atoms with Crippen LogP contribution in [0.25, 0.3) is 11.3 Å². The number of hydrogen-bond donors (Lipinski definition) is 1. The van der Waals surface area contributed by atoms with E-state index in [1.807, 2.05) is 23.1 Å². The maximum Gasteiger partial charge on any atom is 0.318 e. The van der Waals surface area contributed by atoms with Crippen molar-refractivity contribution < 1.29 is 14.3 Å². The predicted molar refractivity (Wildman–Crippen MR) is 131 cm³/mol. The highest BCUT2D eigenvalue weighted by Crippen LogP contribution is 2.45. The number of aromatic nitrogens is 1. The van der Waals surface area contributed by atoms with Crippen molar-refractivity contribution in [2.45, 2.75) is 30.8 Å². The van der Waals surface area contributed by atoms with Crippen LogP contribution in [0.3, 0.4) is 0 Å². The molecule has 0 bridgehead atoms. The first-order valence-corrected chi connectivity index (χ1v) is 12.4. The van der Waals surface area contributed by atoms with Gasteiger partial charge in [-0.05, 0) is 52.9 Å². The van der Waals surface area contributed by atoms with Crippen molar-refractivity contribution in [3.8, 4) is 17.1 Å². The van der Waals surface area contributed by atoms with Gasteiger partial charge in [-0.15, -0.1) is 0 Å². The number of methoxy groups -OCH3 is 2. The van der Waals surface area contributed by atoms with Gasteiger partial charge in [0, 0.05) is 54.9 Å². The third-order valence-corrected chi connectivity index (χ3v) is 8.39. The van der Waals surface area contributed by atoms with Gasteiger partial charge in [0.05, 0.1) is 30.0 Å². The van der Waals surface area contributed by atoms with Gasteiger partial charge in [0.2, 0.25) is 5.88 Å². The first kappa shape index (κ1) is 22.9. The summed E-state index contributed by atoms with van der Waals surface area (Å²) in [6.45, 7) is 3.66. The van der Waals surface area contributed by atoms with Crippen LogP contribution in [0.2, 0.25) is 5.02 Å². The van der Waals surface area contributed by atoms with E-state index in [4.69, 9.17) is 26.1 Å². The van der Waals surface area contributed by atoms with Crippen molar-refractivity contribution in [1.29, 1.82) is 0 Å². The molecule has 7 nitrogen and oxygen atoms in total. The van der Waals surface area contributed by atoms with Crippen LogP contribution in [0.1, 0.15) is 30.0 Å². The number of benzene rings is 1. The number of carbonyl (C=O) groups is 1. The Bertz CT molecular complexity index is 1080. The molecule has 176 valence electrons. The zero-order chi connectivity index (χ0) is 23.2. The van der Waals surface area contributed by atoms with Crippen LogP contribution in [-0.2, 0) is 11.2 Å². The molecule has 2 fully saturated rings. The Balaban J connectivity index is 1.39. The molecule has 2 aromatic rings. The second-order valence-corrected chi connectivity index (χ2v) is 10.3. The maximum atomic E-state index is 12.5. The molecule has 2 aliphatic heterocycles. The summed E-state index contributed by atoms with van der Waals surface area (Å²) >= 11 is 10.1. The van der Waals surface area contributed by atoms with Crippen LogP contribution < -0.4 is 10.1 Å². The molecule has 3 heterocycles. The van der Waals surface area contributed by atoms with Gasteiger partial charge < -0.3 is 19.7 Å². The third-order valence-electron chi connectivity index (χ3n) is 7.09. The van der Waals surface area contributed by atoms with Crippen molar-refractivity contribution in [3.05, 3.63) is 44.9 Å². The molecule has 1 spiro atoms. The monoisotopic (exact) mass is 534 g/mol. The van der Waals surface area contributed by atoms with Gasteiger partial charge in [-0.3, -0.25) is 4.90 Å². The summed E-state index contributed by atoms with van der Waals surface area (Å²) < 4.78 is 11.8. The van der Waals surface area contributed by atoms with Crippen LogP contribution >= 0.6 is 27.5 Å². The van der Waals surface area contributed by atoms with Crippen molar-refractivity contribution in [2.24, 2.45) is 0 Å². The van der Waals surface area contributed by atoms with Crippen LogP contribution in [0.4, 0.5) is 4.79 Å². The number of ether oxygens (including phenoxy) is 2. The number of aryl methyl sites for hydroxylation is 1. The lowest BCUT2D eigenvalue weighted by Crippen LogP contribution is -2.46. The normalized spacial score (nSPS) is 24.5. The summed E-state index contributed by atoms with van der Waals surface area (Å²) in [6.07, 6.45) is 2.92. The number of amides is 2. The van der Waals surface area contributed by atoms with Gasteiger partial charge >= 0.3 is 6.03 Å². The first-order chi connectivity index (χ1) is 15.9. The molecule has 1 unspecified atom stereocenters. The third kappa shape index (κ3) is 4.11. The van der Waals surface area contributed by atoms with E-state index in [1.54, 1.807) is 14.2 Å². The van der Waals surface area contributed by atoms with E-state index >= 15 is 0 Å². The number of nitrogens with zero attached hydrogens (tertiary/aromatic N) is 3. The summed E-state index contributed by atoms with van der Waals surface area (Å²) in [6, 6.07) is 8.27. The molecule has 2 saturated heterocycles. The van der Waals surface area contributed by atoms with Crippen molar-refractivity contribution in [3.63, 3.8) is 0 Å². The second-order valence-electron chi connectivity index (χ2n) is 9.09. The molecule has 33 heavy (non-hydrogen) atoms. The smallest absolute Gasteiger partial charge is 0.318 e. The number of rotatable bonds is 6. The van der Waals surface area contributed by atoms with E-state index in [1.165, 1.54) is 11.1 Å². The zero-order valence-corrected chi connectivity index (χ0v) is 21.2. The van der Waals surface area contributed by atoms with E-state index in [9.17, 15) is 4.79 Å². The molecule has 1 aromatic carbocycles. The number of nitrogens with one attached hydrogen (secondary N) is 1. The Hall–Kier alpha value is -1.87. The molecule has 1 aromatic heterocycles. The molecule has 3 aliphatic rings. The molecular formula is C24H28BrClN4O3. The lowest BCUT2D eigenvalue weighted by Gasteiger charge is -2.28. The Kier molecular flexibility index (Phi) is 6.29. The van der Waals surface area contributed by atoms with Gasteiger partial charge in [0.1, 0.15) is 0 Å². The lowest BCUT2D eigenvalue weighted by atomic mass is 10.00. The van der Waals surface area contributed by atoms with Crippen molar-refractivity contribution >= 4 is 33.6 Å². The number of likely N-dealkylation sites (tertiary alicyclic amines) is 1. The molecule has 2 amide bonds. The fraction of sp³-hybridized carbons (Fsp3) is 0.500. The molecule has 2 atom stereocenters. The fourth-order valence-electron chi connectivity index (χ4n) is 5.51. The maximum absolute atomic E-state index is 12.5. The largest absolute Gasteiger partial charge is 0.481 e. The molecular weight excluding hydrogens is 508 g/mol. The minimum atomic E-state index is -0.196. The van der Waals surface area contributed by atoms with E-state index in [-0.39, 0.29) is 17.6 Å². The Morgan fingerprint density at radius 3 is 2.97 bits per heavy atom. The number of fused-ring (bicyclic) bond motifs is 1. The molecule has 0 radical (unpaired) electrons. The highest BCUT2D eigenvalue weighted by Gasteiger charge is 2.49. The quantitative estimate of drug-likeness (QED) is 0.598. The van der Waals surface area contributed by atoms with Crippen LogP contribution in [0.15, 0.2) is 28.7 Å². The van der Waals surface area contributed by atoms with E-state index < -0.39 is 0 Å². The topological polar surface area (TPSA) is 66.9 Å². The molecule has 1 N–H and O–H groups in total. The van der Waals surface area contributed by atoms with Crippen LogP contribution in [0, 0.1) is 0 Å². The van der Waals surface area contributed by atoms with Gasteiger partial charge in [-0.25, -0.2) is 9.78 Å². The standard InChI is InChI=1S/C24H28BrClN4O3/c1-32-11-10-30-14-24(28-23(30)31)8-9-29(13-24)19-7-6-15-12-18(27-22(33-2)20(15)19)16-4-3-5-17(25)21(16)26/h3-5,12,19H,6-11,13-14H2,1-2H3,(H,28,31)/t19-,24?/m1/s1. The summed E-state index contributed by atoms with van der Waals surface area (Å²) in [5, 5.41) is 3.91. The number of hydrogen-bond acceptors (Lipinski definition) is 5. The average molecular weight is 536 g/mol. The molecule has 9 heteroatoms. The summed E-state index contributed by atoms with van der Waals surface area (Å²) in [5.41, 5.74) is 3.95. The van der Waals surface area contributed by atoms with Crippen molar-refractivity contribution in [1.82, 2.24) is 20.1 Å². The fourth-order valence-corrected chi connectivity index (χ4v) is 6.10.